The Balaban J connectivity index is 1.30. The zero-order valence-corrected chi connectivity index (χ0v) is 21.6. The molecular formula is C29H32F2N4O3. The Hall–Kier alpha value is -3.59. The van der Waals surface area contributed by atoms with E-state index in [0.29, 0.717) is 19.5 Å². The number of halogens is 2. The highest BCUT2D eigenvalue weighted by Crippen LogP contribution is 2.48. The monoisotopic (exact) mass is 522 g/mol. The van der Waals surface area contributed by atoms with Crippen molar-refractivity contribution >= 4 is 28.8 Å². The number of piperidine rings is 1. The Bertz CT molecular complexity index is 1350. The van der Waals surface area contributed by atoms with Gasteiger partial charge in [0.1, 0.15) is 29.5 Å². The summed E-state index contributed by atoms with van der Waals surface area (Å²) < 4.78 is 38.0. The standard InChI is InChI=1S/C29H32F2N4O3/c1-37-23-6-8-26-24(16-23)27(34-18-33-26)35-13-10-20-15-22(9-11-29(20,17-35)28(36)38-2)32-12-3-4-19-14-21(30)5-7-25(19)31/h3-8,14,16,18,20,22,32H,9-13,15,17H2,1-2H3/t20-,22-,29-/m0/s1. The van der Waals surface area contributed by atoms with Crippen LogP contribution in [-0.2, 0) is 9.53 Å². The number of benzene rings is 2. The largest absolute Gasteiger partial charge is 0.497 e. The molecule has 200 valence electrons. The first-order valence-electron chi connectivity index (χ1n) is 12.9. The average Bonchev–Trinajstić information content (AvgIpc) is 2.95. The molecule has 2 aromatic carbocycles. The molecule has 9 heteroatoms. The molecule has 3 aromatic rings. The summed E-state index contributed by atoms with van der Waals surface area (Å²) in [5.74, 6) is 0.584. The highest BCUT2D eigenvalue weighted by molar-refractivity contribution is 5.91. The van der Waals surface area contributed by atoms with Gasteiger partial charge in [-0.1, -0.05) is 12.2 Å². The molecule has 2 aliphatic rings. The zero-order chi connectivity index (χ0) is 26.7. The first-order chi connectivity index (χ1) is 18.4. The number of methoxy groups -OCH3 is 2. The predicted octanol–water partition coefficient (Wildman–Crippen LogP) is 4.76. The van der Waals surface area contributed by atoms with Crippen LogP contribution in [0.25, 0.3) is 17.0 Å². The summed E-state index contributed by atoms with van der Waals surface area (Å²) in [7, 11) is 3.09. The quantitative estimate of drug-likeness (QED) is 0.449. The molecule has 0 unspecified atom stereocenters. The van der Waals surface area contributed by atoms with Crippen molar-refractivity contribution in [3.63, 3.8) is 0 Å². The van der Waals surface area contributed by atoms with Crippen molar-refractivity contribution in [2.24, 2.45) is 11.3 Å². The first-order valence-corrected chi connectivity index (χ1v) is 12.9. The molecule has 1 aliphatic carbocycles. The molecule has 2 fully saturated rings. The Kier molecular flexibility index (Phi) is 7.56. The van der Waals surface area contributed by atoms with Crippen LogP contribution in [0, 0.1) is 23.0 Å². The van der Waals surface area contributed by atoms with Gasteiger partial charge >= 0.3 is 5.97 Å². The van der Waals surface area contributed by atoms with Crippen molar-refractivity contribution in [1.29, 1.82) is 0 Å². The van der Waals surface area contributed by atoms with E-state index < -0.39 is 17.0 Å². The maximum Gasteiger partial charge on any atom is 0.313 e. The SMILES string of the molecule is COC(=O)[C@]12CC[C@H](NCC=Cc3cc(F)ccc3F)C[C@@H]1CCN(c1ncnc3ccc(OC)cc13)C2. The van der Waals surface area contributed by atoms with Gasteiger partial charge in [0.05, 0.1) is 25.2 Å². The average molecular weight is 523 g/mol. The highest BCUT2D eigenvalue weighted by Gasteiger charge is 2.53. The lowest BCUT2D eigenvalue weighted by molar-refractivity contribution is -0.160. The molecule has 1 N–H and O–H groups in total. The van der Waals surface area contributed by atoms with Crippen LogP contribution in [-0.4, -0.2) is 55.8 Å². The maximum absolute atomic E-state index is 13.9. The fraction of sp³-hybridized carbons (Fsp3) is 0.414. The Labute approximate surface area is 220 Å². The third kappa shape index (κ3) is 5.07. The van der Waals surface area contributed by atoms with E-state index >= 15 is 0 Å². The Morgan fingerprint density at radius 1 is 1.18 bits per heavy atom. The van der Waals surface area contributed by atoms with Gasteiger partial charge < -0.3 is 19.7 Å². The van der Waals surface area contributed by atoms with Crippen LogP contribution in [0.3, 0.4) is 0 Å². The number of hydrogen-bond acceptors (Lipinski definition) is 7. The van der Waals surface area contributed by atoms with Gasteiger partial charge in [0.2, 0.25) is 0 Å². The third-order valence-corrected chi connectivity index (χ3v) is 8.00. The van der Waals surface area contributed by atoms with Crippen LogP contribution in [0.1, 0.15) is 31.2 Å². The minimum Gasteiger partial charge on any atom is -0.497 e. The molecule has 0 amide bonds. The Morgan fingerprint density at radius 3 is 2.87 bits per heavy atom. The lowest BCUT2D eigenvalue weighted by Gasteiger charge is -2.51. The van der Waals surface area contributed by atoms with E-state index in [1.54, 1.807) is 25.6 Å². The lowest BCUT2D eigenvalue weighted by atomic mass is 9.61. The summed E-state index contributed by atoms with van der Waals surface area (Å²) in [4.78, 5) is 24.4. The molecule has 5 rings (SSSR count). The highest BCUT2D eigenvalue weighted by atomic mass is 19.1. The number of aromatic nitrogens is 2. The molecule has 1 aliphatic heterocycles. The van der Waals surface area contributed by atoms with Gasteiger partial charge in [0, 0.05) is 36.6 Å². The summed E-state index contributed by atoms with van der Waals surface area (Å²) >= 11 is 0. The van der Waals surface area contributed by atoms with Gasteiger partial charge in [-0.25, -0.2) is 18.7 Å². The number of carbonyl (C=O) groups excluding carboxylic acids is 1. The minimum absolute atomic E-state index is 0.157. The second kappa shape index (κ2) is 11.0. The molecule has 3 atom stereocenters. The number of esters is 1. The molecule has 0 bridgehead atoms. The molecule has 1 aromatic heterocycles. The predicted molar refractivity (Wildman–Crippen MR) is 142 cm³/mol. The molecule has 7 nitrogen and oxygen atoms in total. The zero-order valence-electron chi connectivity index (χ0n) is 21.6. The lowest BCUT2D eigenvalue weighted by Crippen LogP contribution is -2.58. The molecule has 1 saturated carbocycles. The van der Waals surface area contributed by atoms with E-state index in [1.807, 2.05) is 18.2 Å². The van der Waals surface area contributed by atoms with E-state index in [9.17, 15) is 13.6 Å². The summed E-state index contributed by atoms with van der Waals surface area (Å²) in [5, 5.41) is 4.40. The number of carbonyl (C=O) groups is 1. The van der Waals surface area contributed by atoms with Gasteiger partial charge in [-0.05, 0) is 68.0 Å². The van der Waals surface area contributed by atoms with Crippen molar-refractivity contribution in [2.45, 2.75) is 31.7 Å². The minimum atomic E-state index is -0.623. The molecule has 2 heterocycles. The van der Waals surface area contributed by atoms with Gasteiger partial charge in [-0.3, -0.25) is 4.79 Å². The van der Waals surface area contributed by atoms with Gasteiger partial charge in [0.25, 0.3) is 0 Å². The van der Waals surface area contributed by atoms with Crippen molar-refractivity contribution in [3.8, 4) is 5.75 Å². The van der Waals surface area contributed by atoms with Crippen LogP contribution in [0.15, 0.2) is 48.8 Å². The molecule has 0 spiro atoms. The van der Waals surface area contributed by atoms with Gasteiger partial charge in [0.15, 0.2) is 0 Å². The number of rotatable bonds is 7. The van der Waals surface area contributed by atoms with Crippen LogP contribution in [0.5, 0.6) is 5.75 Å². The van der Waals surface area contributed by atoms with Gasteiger partial charge in [-0.15, -0.1) is 0 Å². The van der Waals surface area contributed by atoms with Crippen LogP contribution in [0.2, 0.25) is 0 Å². The molecular weight excluding hydrogens is 490 g/mol. The topological polar surface area (TPSA) is 76.6 Å². The van der Waals surface area contributed by atoms with Crippen LogP contribution in [0.4, 0.5) is 14.6 Å². The van der Waals surface area contributed by atoms with Crippen molar-refractivity contribution in [2.75, 3.05) is 38.8 Å². The van der Waals surface area contributed by atoms with Crippen molar-refractivity contribution in [1.82, 2.24) is 15.3 Å². The number of hydrogen-bond donors (Lipinski definition) is 1. The second-order valence-corrected chi connectivity index (χ2v) is 10.1. The number of anilines is 1. The molecule has 0 radical (unpaired) electrons. The number of fused-ring (bicyclic) bond motifs is 2. The number of nitrogens with zero attached hydrogens (tertiary/aromatic N) is 3. The van der Waals surface area contributed by atoms with Gasteiger partial charge in [-0.2, -0.15) is 0 Å². The Morgan fingerprint density at radius 2 is 2.05 bits per heavy atom. The summed E-state index contributed by atoms with van der Waals surface area (Å²) in [6, 6.07) is 9.36. The summed E-state index contributed by atoms with van der Waals surface area (Å²) in [6.07, 6.45) is 8.11. The van der Waals surface area contributed by atoms with E-state index in [0.717, 1.165) is 60.4 Å². The van der Waals surface area contributed by atoms with Crippen molar-refractivity contribution in [3.05, 3.63) is 66.0 Å². The van der Waals surface area contributed by atoms with Crippen LogP contribution >= 0.6 is 0 Å². The first kappa shape index (κ1) is 26.0. The van der Waals surface area contributed by atoms with Crippen molar-refractivity contribution < 1.29 is 23.0 Å². The van der Waals surface area contributed by atoms with E-state index in [2.05, 4.69) is 20.2 Å². The summed E-state index contributed by atoms with van der Waals surface area (Å²) in [5.41, 5.74) is 0.425. The maximum atomic E-state index is 13.9. The fourth-order valence-corrected chi connectivity index (χ4v) is 6.02. The normalized spacial score (nSPS) is 23.4. The fourth-order valence-electron chi connectivity index (χ4n) is 6.02. The second-order valence-electron chi connectivity index (χ2n) is 10.1. The number of nitrogens with one attached hydrogen (secondary N) is 1. The summed E-state index contributed by atoms with van der Waals surface area (Å²) in [6.45, 7) is 1.82. The third-order valence-electron chi connectivity index (χ3n) is 8.00. The smallest absolute Gasteiger partial charge is 0.313 e. The van der Waals surface area contributed by atoms with E-state index in [1.165, 1.54) is 13.2 Å². The number of ether oxygens (including phenoxy) is 2. The van der Waals surface area contributed by atoms with Crippen LogP contribution < -0.4 is 15.0 Å². The molecule has 38 heavy (non-hydrogen) atoms. The van der Waals surface area contributed by atoms with E-state index in [4.69, 9.17) is 9.47 Å². The molecule has 1 saturated heterocycles. The van der Waals surface area contributed by atoms with E-state index in [-0.39, 0.29) is 23.5 Å².